The zero-order valence-electron chi connectivity index (χ0n) is 12.5. The largest absolute Gasteiger partial charge is 0.480 e. The van der Waals surface area contributed by atoms with E-state index >= 15 is 0 Å². The summed E-state index contributed by atoms with van der Waals surface area (Å²) in [6, 6.07) is -1.52. The van der Waals surface area contributed by atoms with E-state index < -0.39 is 24.0 Å². The third-order valence-corrected chi connectivity index (χ3v) is 2.63. The van der Waals surface area contributed by atoms with E-state index in [1.54, 1.807) is 0 Å². The lowest BCUT2D eigenvalue weighted by Crippen LogP contribution is -2.50. The van der Waals surface area contributed by atoms with Crippen molar-refractivity contribution >= 4 is 18.0 Å². The van der Waals surface area contributed by atoms with Gasteiger partial charge in [-0.25, -0.2) is 9.59 Å². The Balaban J connectivity index is 4.70. The molecule has 0 bridgehead atoms. The van der Waals surface area contributed by atoms with Gasteiger partial charge in [-0.3, -0.25) is 4.79 Å². The fourth-order valence-electron chi connectivity index (χ4n) is 1.68. The highest BCUT2D eigenvalue weighted by Gasteiger charge is 2.24. The molecule has 0 fully saturated rings. The van der Waals surface area contributed by atoms with Crippen molar-refractivity contribution < 1.29 is 24.2 Å². The van der Waals surface area contributed by atoms with Crippen LogP contribution in [-0.4, -0.2) is 54.2 Å². The molecule has 1 atom stereocenters. The zero-order valence-corrected chi connectivity index (χ0v) is 12.5. The van der Waals surface area contributed by atoms with Crippen LogP contribution in [0.15, 0.2) is 0 Å². The molecular weight excluding hydrogens is 264 g/mol. The van der Waals surface area contributed by atoms with Gasteiger partial charge in [-0.1, -0.05) is 20.8 Å². The van der Waals surface area contributed by atoms with E-state index in [1.165, 1.54) is 12.0 Å². The van der Waals surface area contributed by atoms with E-state index in [9.17, 15) is 14.4 Å². The normalized spacial score (nSPS) is 11.8. The summed E-state index contributed by atoms with van der Waals surface area (Å²) in [5.74, 6) is -1.48. The number of aliphatic carboxylic acids is 1. The molecule has 0 aromatic carbocycles. The van der Waals surface area contributed by atoms with Crippen LogP contribution in [0.3, 0.4) is 0 Å². The molecule has 0 spiro atoms. The van der Waals surface area contributed by atoms with Crippen molar-refractivity contribution in [1.82, 2.24) is 10.2 Å². The molecule has 0 aromatic heterocycles. The summed E-state index contributed by atoms with van der Waals surface area (Å²) >= 11 is 0. The van der Waals surface area contributed by atoms with Crippen LogP contribution in [0.25, 0.3) is 0 Å². The first-order valence-electron chi connectivity index (χ1n) is 6.66. The van der Waals surface area contributed by atoms with Gasteiger partial charge in [0.05, 0.1) is 7.11 Å². The standard InChI is InChI=1S/C13H24N2O5/c1-5-6-15(8-11(16)20-4)13(19)14-10(12(17)18)7-9(2)3/h9-10H,5-8H2,1-4H3,(H,14,19)(H,17,18). The third-order valence-electron chi connectivity index (χ3n) is 2.63. The first-order valence-corrected chi connectivity index (χ1v) is 6.66. The van der Waals surface area contributed by atoms with E-state index in [2.05, 4.69) is 10.1 Å². The molecule has 0 aliphatic heterocycles. The van der Waals surface area contributed by atoms with Gasteiger partial charge in [0.1, 0.15) is 12.6 Å². The number of nitrogens with zero attached hydrogens (tertiary/aromatic N) is 1. The van der Waals surface area contributed by atoms with Gasteiger partial charge in [0, 0.05) is 6.54 Å². The SMILES string of the molecule is CCCN(CC(=O)OC)C(=O)NC(CC(C)C)C(=O)O. The molecule has 2 N–H and O–H groups in total. The van der Waals surface area contributed by atoms with Crippen LogP contribution in [0.5, 0.6) is 0 Å². The highest BCUT2D eigenvalue weighted by molar-refractivity contribution is 5.85. The maximum absolute atomic E-state index is 12.0. The summed E-state index contributed by atoms with van der Waals surface area (Å²) in [5, 5.41) is 11.5. The Morgan fingerprint density at radius 3 is 2.30 bits per heavy atom. The predicted molar refractivity (Wildman–Crippen MR) is 73.3 cm³/mol. The molecule has 0 aromatic rings. The van der Waals surface area contributed by atoms with Gasteiger partial charge in [0.25, 0.3) is 0 Å². The summed E-state index contributed by atoms with van der Waals surface area (Å²) in [6.07, 6.45) is 0.992. The minimum absolute atomic E-state index is 0.136. The number of urea groups is 1. The first-order chi connectivity index (χ1) is 9.31. The van der Waals surface area contributed by atoms with E-state index in [-0.39, 0.29) is 12.5 Å². The molecule has 0 aliphatic rings. The minimum atomic E-state index is -1.08. The topological polar surface area (TPSA) is 95.9 Å². The Labute approximate surface area is 119 Å². The summed E-state index contributed by atoms with van der Waals surface area (Å²) in [7, 11) is 1.24. The number of rotatable bonds is 8. The van der Waals surface area contributed by atoms with Crippen molar-refractivity contribution in [3.8, 4) is 0 Å². The van der Waals surface area contributed by atoms with Crippen molar-refractivity contribution in [1.29, 1.82) is 0 Å². The van der Waals surface area contributed by atoms with E-state index in [0.29, 0.717) is 19.4 Å². The van der Waals surface area contributed by atoms with Crippen molar-refractivity contribution in [3.05, 3.63) is 0 Å². The summed E-state index contributed by atoms with van der Waals surface area (Å²) in [6.45, 7) is 5.78. The highest BCUT2D eigenvalue weighted by Crippen LogP contribution is 2.06. The number of methoxy groups -OCH3 is 1. The maximum Gasteiger partial charge on any atom is 0.326 e. The molecule has 0 aliphatic carbocycles. The van der Waals surface area contributed by atoms with Crippen LogP contribution in [-0.2, 0) is 14.3 Å². The number of hydrogen-bond donors (Lipinski definition) is 2. The number of ether oxygens (including phenoxy) is 1. The van der Waals surface area contributed by atoms with Crippen molar-refractivity contribution in [3.63, 3.8) is 0 Å². The smallest absolute Gasteiger partial charge is 0.326 e. The molecular formula is C13H24N2O5. The van der Waals surface area contributed by atoms with E-state index in [1.807, 2.05) is 20.8 Å². The van der Waals surface area contributed by atoms with E-state index in [4.69, 9.17) is 5.11 Å². The third kappa shape index (κ3) is 6.96. The van der Waals surface area contributed by atoms with Gasteiger partial charge in [-0.2, -0.15) is 0 Å². The molecule has 20 heavy (non-hydrogen) atoms. The van der Waals surface area contributed by atoms with Crippen molar-refractivity contribution in [2.75, 3.05) is 20.2 Å². The van der Waals surface area contributed by atoms with Crippen LogP contribution >= 0.6 is 0 Å². The van der Waals surface area contributed by atoms with Crippen LogP contribution in [0.1, 0.15) is 33.6 Å². The fourth-order valence-corrected chi connectivity index (χ4v) is 1.68. The fraction of sp³-hybridized carbons (Fsp3) is 0.769. The molecule has 0 rings (SSSR count). The number of nitrogens with one attached hydrogen (secondary N) is 1. The highest BCUT2D eigenvalue weighted by atomic mass is 16.5. The molecule has 0 heterocycles. The number of carboxylic acids is 1. The monoisotopic (exact) mass is 288 g/mol. The lowest BCUT2D eigenvalue weighted by molar-refractivity contribution is -0.141. The Morgan fingerprint density at radius 1 is 1.30 bits per heavy atom. The maximum atomic E-state index is 12.0. The van der Waals surface area contributed by atoms with Gasteiger partial charge in [-0.05, 0) is 18.8 Å². The molecule has 2 amide bonds. The summed E-state index contributed by atoms with van der Waals surface area (Å²) < 4.78 is 4.52. The van der Waals surface area contributed by atoms with Gasteiger partial charge in [-0.15, -0.1) is 0 Å². The second-order valence-electron chi connectivity index (χ2n) is 4.97. The van der Waals surface area contributed by atoms with Crippen LogP contribution in [0.4, 0.5) is 4.79 Å². The number of carboxylic acid groups (broad SMARTS) is 1. The summed E-state index contributed by atoms with van der Waals surface area (Å²) in [4.78, 5) is 35.6. The number of carbonyl (C=O) groups excluding carboxylic acids is 2. The molecule has 1 unspecified atom stereocenters. The molecule has 7 nitrogen and oxygen atoms in total. The Bertz CT molecular complexity index is 344. The minimum Gasteiger partial charge on any atom is -0.480 e. The average Bonchev–Trinajstić information content (AvgIpc) is 2.36. The lowest BCUT2D eigenvalue weighted by atomic mass is 10.0. The molecule has 7 heteroatoms. The number of amides is 2. The predicted octanol–water partition coefficient (Wildman–Crippen LogP) is 1.08. The second-order valence-corrected chi connectivity index (χ2v) is 4.97. The molecule has 0 saturated carbocycles. The number of carbonyl (C=O) groups is 3. The number of esters is 1. The lowest BCUT2D eigenvalue weighted by Gasteiger charge is -2.24. The van der Waals surface area contributed by atoms with Crippen LogP contribution in [0.2, 0.25) is 0 Å². The molecule has 116 valence electrons. The molecule has 0 radical (unpaired) electrons. The van der Waals surface area contributed by atoms with Crippen LogP contribution in [0, 0.1) is 5.92 Å². The number of hydrogen-bond acceptors (Lipinski definition) is 4. The second kappa shape index (κ2) is 9.17. The van der Waals surface area contributed by atoms with Gasteiger partial charge in [0.2, 0.25) is 0 Å². The van der Waals surface area contributed by atoms with Gasteiger partial charge < -0.3 is 20.1 Å². The summed E-state index contributed by atoms with van der Waals surface area (Å²) in [5.41, 5.74) is 0. The van der Waals surface area contributed by atoms with Crippen molar-refractivity contribution in [2.45, 2.75) is 39.7 Å². The zero-order chi connectivity index (χ0) is 15.7. The first kappa shape index (κ1) is 18.2. The van der Waals surface area contributed by atoms with Crippen molar-refractivity contribution in [2.24, 2.45) is 5.92 Å². The van der Waals surface area contributed by atoms with Gasteiger partial charge in [0.15, 0.2) is 0 Å². The van der Waals surface area contributed by atoms with Gasteiger partial charge >= 0.3 is 18.0 Å². The quantitative estimate of drug-likeness (QED) is 0.652. The Hall–Kier alpha value is -1.79. The van der Waals surface area contributed by atoms with E-state index in [0.717, 1.165) is 0 Å². The average molecular weight is 288 g/mol. The van der Waals surface area contributed by atoms with Crippen LogP contribution < -0.4 is 5.32 Å². The Morgan fingerprint density at radius 2 is 1.90 bits per heavy atom. The molecule has 0 saturated heterocycles. The Kier molecular flexibility index (Phi) is 8.35.